The van der Waals surface area contributed by atoms with E-state index in [0.717, 1.165) is 10.0 Å². The first-order chi connectivity index (χ1) is 11.0. The summed E-state index contributed by atoms with van der Waals surface area (Å²) in [6.07, 6.45) is 0.683. The Hall–Kier alpha value is -2.34. The second-order valence-corrected chi connectivity index (χ2v) is 5.93. The number of phenols is 1. The van der Waals surface area contributed by atoms with Crippen LogP contribution in [0.25, 0.3) is 0 Å². The van der Waals surface area contributed by atoms with Gasteiger partial charge in [-0.05, 0) is 44.2 Å². The van der Waals surface area contributed by atoms with Gasteiger partial charge in [0.1, 0.15) is 11.5 Å². The maximum atomic E-state index is 11.9. The Kier molecular flexibility index (Phi) is 5.76. The summed E-state index contributed by atoms with van der Waals surface area (Å²) in [4.78, 5) is 11.9. The fourth-order valence-corrected chi connectivity index (χ4v) is 2.14. The number of carbonyl (C=O) groups excluding carboxylic acids is 1. The summed E-state index contributed by atoms with van der Waals surface area (Å²) in [5, 5.41) is 13.5. The molecule has 2 aromatic rings. The SMILES string of the molecule is Cc1ccc(OC(C)C(=O)N/N=C/c2cc(Br)ccc2O)cc1. The fourth-order valence-electron chi connectivity index (χ4n) is 1.76. The minimum Gasteiger partial charge on any atom is -0.507 e. The molecule has 5 nitrogen and oxygen atoms in total. The minimum atomic E-state index is -0.689. The molecule has 0 bridgehead atoms. The van der Waals surface area contributed by atoms with Gasteiger partial charge in [-0.1, -0.05) is 33.6 Å². The lowest BCUT2D eigenvalue weighted by molar-refractivity contribution is -0.127. The molecule has 120 valence electrons. The molecule has 2 rings (SSSR count). The summed E-state index contributed by atoms with van der Waals surface area (Å²) >= 11 is 3.30. The van der Waals surface area contributed by atoms with Gasteiger partial charge in [0, 0.05) is 10.0 Å². The van der Waals surface area contributed by atoms with Crippen molar-refractivity contribution < 1.29 is 14.6 Å². The standard InChI is InChI=1S/C17H17BrN2O3/c1-11-3-6-15(7-4-11)23-12(2)17(22)20-19-10-13-9-14(18)5-8-16(13)21/h3-10,12,21H,1-2H3,(H,20,22)/b19-10+. The largest absolute Gasteiger partial charge is 0.507 e. The maximum absolute atomic E-state index is 11.9. The molecular weight excluding hydrogens is 360 g/mol. The molecule has 0 fully saturated rings. The van der Waals surface area contributed by atoms with E-state index in [0.29, 0.717) is 11.3 Å². The summed E-state index contributed by atoms with van der Waals surface area (Å²) < 4.78 is 6.34. The number of phenolic OH excluding ortho intramolecular Hbond substituents is 1. The van der Waals surface area contributed by atoms with Gasteiger partial charge >= 0.3 is 0 Å². The number of benzene rings is 2. The van der Waals surface area contributed by atoms with Gasteiger partial charge in [-0.3, -0.25) is 4.79 Å². The van der Waals surface area contributed by atoms with E-state index in [2.05, 4.69) is 26.5 Å². The first kappa shape index (κ1) is 17.0. The number of ether oxygens (including phenoxy) is 1. The van der Waals surface area contributed by atoms with E-state index in [1.54, 1.807) is 19.1 Å². The second-order valence-electron chi connectivity index (χ2n) is 5.01. The van der Waals surface area contributed by atoms with Crippen LogP contribution in [-0.2, 0) is 4.79 Å². The predicted molar refractivity (Wildman–Crippen MR) is 92.8 cm³/mol. The monoisotopic (exact) mass is 376 g/mol. The summed E-state index contributed by atoms with van der Waals surface area (Å²) in [5.41, 5.74) is 4.00. The molecular formula is C17H17BrN2O3. The number of nitrogens with one attached hydrogen (secondary N) is 1. The summed E-state index contributed by atoms with van der Waals surface area (Å²) in [6, 6.07) is 12.4. The topological polar surface area (TPSA) is 70.9 Å². The van der Waals surface area contributed by atoms with Crippen molar-refractivity contribution in [3.63, 3.8) is 0 Å². The number of aryl methyl sites for hydroxylation is 1. The van der Waals surface area contributed by atoms with E-state index in [1.807, 2.05) is 31.2 Å². The first-order valence-electron chi connectivity index (χ1n) is 7.00. The number of aromatic hydroxyl groups is 1. The molecule has 0 radical (unpaired) electrons. The Morgan fingerprint density at radius 3 is 2.70 bits per heavy atom. The molecule has 2 aromatic carbocycles. The van der Waals surface area contributed by atoms with Crippen LogP contribution in [0, 0.1) is 6.92 Å². The number of amides is 1. The van der Waals surface area contributed by atoms with Crippen molar-refractivity contribution in [3.05, 3.63) is 58.1 Å². The first-order valence-corrected chi connectivity index (χ1v) is 7.80. The lowest BCUT2D eigenvalue weighted by Gasteiger charge is -2.13. The molecule has 0 spiro atoms. The van der Waals surface area contributed by atoms with E-state index in [9.17, 15) is 9.90 Å². The van der Waals surface area contributed by atoms with Gasteiger partial charge < -0.3 is 9.84 Å². The zero-order valence-corrected chi connectivity index (χ0v) is 14.4. The van der Waals surface area contributed by atoms with Crippen molar-refractivity contribution in [2.45, 2.75) is 20.0 Å². The average Bonchev–Trinajstić information content (AvgIpc) is 2.52. The molecule has 0 saturated heterocycles. The van der Waals surface area contributed by atoms with E-state index < -0.39 is 6.10 Å². The van der Waals surface area contributed by atoms with Crippen molar-refractivity contribution in [2.24, 2.45) is 5.10 Å². The van der Waals surface area contributed by atoms with Crippen LogP contribution in [0.2, 0.25) is 0 Å². The molecule has 1 amide bonds. The number of hydrazone groups is 1. The lowest BCUT2D eigenvalue weighted by Crippen LogP contribution is -2.33. The molecule has 1 atom stereocenters. The summed E-state index contributed by atoms with van der Waals surface area (Å²) in [5.74, 6) is 0.318. The van der Waals surface area contributed by atoms with Gasteiger partial charge in [0.05, 0.1) is 6.21 Å². The highest BCUT2D eigenvalue weighted by atomic mass is 79.9. The minimum absolute atomic E-state index is 0.0788. The normalized spacial score (nSPS) is 12.1. The summed E-state index contributed by atoms with van der Waals surface area (Å²) in [6.45, 7) is 3.62. The van der Waals surface area contributed by atoms with Crippen molar-refractivity contribution in [1.82, 2.24) is 5.43 Å². The molecule has 1 unspecified atom stereocenters. The van der Waals surface area contributed by atoms with Crippen molar-refractivity contribution in [2.75, 3.05) is 0 Å². The summed E-state index contributed by atoms with van der Waals surface area (Å²) in [7, 11) is 0. The number of carbonyl (C=O) groups is 1. The van der Waals surface area contributed by atoms with Crippen LogP contribution in [0.5, 0.6) is 11.5 Å². The van der Waals surface area contributed by atoms with Gasteiger partial charge in [-0.25, -0.2) is 5.43 Å². The molecule has 0 aliphatic rings. The Balaban J connectivity index is 1.92. The van der Waals surface area contributed by atoms with Crippen LogP contribution in [0.4, 0.5) is 0 Å². The van der Waals surface area contributed by atoms with Crippen LogP contribution >= 0.6 is 15.9 Å². The number of nitrogens with zero attached hydrogens (tertiary/aromatic N) is 1. The third-order valence-corrected chi connectivity index (χ3v) is 3.56. The van der Waals surface area contributed by atoms with Gasteiger partial charge in [-0.2, -0.15) is 5.10 Å². The third kappa shape index (κ3) is 5.10. The van der Waals surface area contributed by atoms with Crippen molar-refractivity contribution >= 4 is 28.1 Å². The highest BCUT2D eigenvalue weighted by molar-refractivity contribution is 9.10. The Morgan fingerprint density at radius 1 is 1.30 bits per heavy atom. The molecule has 0 aliphatic heterocycles. The molecule has 23 heavy (non-hydrogen) atoms. The number of hydrogen-bond acceptors (Lipinski definition) is 4. The number of halogens is 1. The van der Waals surface area contributed by atoms with Crippen molar-refractivity contribution in [1.29, 1.82) is 0 Å². The van der Waals surface area contributed by atoms with Gasteiger partial charge in [0.15, 0.2) is 6.10 Å². The molecule has 0 aromatic heterocycles. The third-order valence-electron chi connectivity index (χ3n) is 3.07. The maximum Gasteiger partial charge on any atom is 0.280 e. The van der Waals surface area contributed by atoms with Crippen molar-refractivity contribution in [3.8, 4) is 11.5 Å². The lowest BCUT2D eigenvalue weighted by atomic mass is 10.2. The van der Waals surface area contributed by atoms with Crippen LogP contribution < -0.4 is 10.2 Å². The van der Waals surface area contributed by atoms with Crippen LogP contribution in [0.1, 0.15) is 18.1 Å². The fraction of sp³-hybridized carbons (Fsp3) is 0.176. The molecule has 2 N–H and O–H groups in total. The zero-order valence-electron chi connectivity index (χ0n) is 12.8. The van der Waals surface area contributed by atoms with Crippen LogP contribution in [0.15, 0.2) is 52.0 Å². The number of hydrogen-bond donors (Lipinski definition) is 2. The van der Waals surface area contributed by atoms with E-state index in [1.165, 1.54) is 12.3 Å². The highest BCUT2D eigenvalue weighted by Crippen LogP contribution is 2.20. The number of rotatable bonds is 5. The highest BCUT2D eigenvalue weighted by Gasteiger charge is 2.13. The van der Waals surface area contributed by atoms with Crippen LogP contribution in [-0.4, -0.2) is 23.3 Å². The van der Waals surface area contributed by atoms with E-state index >= 15 is 0 Å². The zero-order chi connectivity index (χ0) is 16.8. The van der Waals surface area contributed by atoms with Gasteiger partial charge in [-0.15, -0.1) is 0 Å². The van der Waals surface area contributed by atoms with Crippen LogP contribution in [0.3, 0.4) is 0 Å². The van der Waals surface area contributed by atoms with E-state index in [-0.39, 0.29) is 11.7 Å². The van der Waals surface area contributed by atoms with E-state index in [4.69, 9.17) is 4.74 Å². The predicted octanol–water partition coefficient (Wildman–Crippen LogP) is 3.38. The molecule has 6 heteroatoms. The van der Waals surface area contributed by atoms with Gasteiger partial charge in [0.2, 0.25) is 0 Å². The Morgan fingerprint density at radius 2 is 2.00 bits per heavy atom. The second kappa shape index (κ2) is 7.78. The Bertz CT molecular complexity index is 714. The average molecular weight is 377 g/mol. The molecule has 0 saturated carbocycles. The quantitative estimate of drug-likeness (QED) is 0.620. The van der Waals surface area contributed by atoms with Gasteiger partial charge in [0.25, 0.3) is 5.91 Å². The smallest absolute Gasteiger partial charge is 0.280 e. The molecule has 0 heterocycles. The molecule has 0 aliphatic carbocycles. The Labute approximate surface area is 143 Å².